The van der Waals surface area contributed by atoms with E-state index in [1.54, 1.807) is 6.08 Å². The minimum absolute atomic E-state index is 0.180. The van der Waals surface area contributed by atoms with Crippen molar-refractivity contribution in [2.24, 2.45) is 5.92 Å². The quantitative estimate of drug-likeness (QED) is 0.773. The lowest BCUT2D eigenvalue weighted by Gasteiger charge is -2.23. The van der Waals surface area contributed by atoms with E-state index in [4.69, 9.17) is 0 Å². The Kier molecular flexibility index (Phi) is 5.60. The van der Waals surface area contributed by atoms with Crippen molar-refractivity contribution in [2.45, 2.75) is 25.9 Å². The number of nitrogens with one attached hydrogen (secondary N) is 2. The van der Waals surface area contributed by atoms with Gasteiger partial charge < -0.3 is 10.6 Å². The van der Waals surface area contributed by atoms with Crippen molar-refractivity contribution >= 4 is 5.91 Å². The molecule has 0 aromatic rings. The Labute approximate surface area is 110 Å². The van der Waals surface area contributed by atoms with Crippen LogP contribution in [0.5, 0.6) is 0 Å². The van der Waals surface area contributed by atoms with Gasteiger partial charge in [0.15, 0.2) is 0 Å². The zero-order valence-electron chi connectivity index (χ0n) is 10.9. The average Bonchev–Trinajstić information content (AvgIpc) is 2.35. The topological polar surface area (TPSA) is 41.1 Å². The highest BCUT2D eigenvalue weighted by atomic mass is 19.4. The van der Waals surface area contributed by atoms with Crippen LogP contribution in [-0.2, 0) is 4.79 Å². The predicted octanol–water partition coefficient (Wildman–Crippen LogP) is 2.17. The summed E-state index contributed by atoms with van der Waals surface area (Å²) in [6, 6.07) is 0. The fourth-order valence-corrected chi connectivity index (χ4v) is 2.06. The van der Waals surface area contributed by atoms with Gasteiger partial charge in [0.25, 0.3) is 0 Å². The van der Waals surface area contributed by atoms with Crippen LogP contribution in [0.2, 0.25) is 0 Å². The number of carbonyl (C=O) groups excluding carboxylic acids is 1. The molecule has 1 amide bonds. The molecule has 0 aromatic carbocycles. The molecule has 0 spiro atoms. The minimum atomic E-state index is -4.84. The van der Waals surface area contributed by atoms with Crippen molar-refractivity contribution in [3.63, 3.8) is 0 Å². The van der Waals surface area contributed by atoms with Crippen molar-refractivity contribution in [1.82, 2.24) is 10.6 Å². The van der Waals surface area contributed by atoms with Crippen LogP contribution < -0.4 is 10.6 Å². The summed E-state index contributed by atoms with van der Waals surface area (Å²) < 4.78 is 36.0. The second-order valence-corrected chi connectivity index (χ2v) is 4.75. The summed E-state index contributed by atoms with van der Waals surface area (Å²) in [6.07, 6.45) is -1.03. The molecule has 0 aliphatic carbocycles. The first-order valence-electron chi connectivity index (χ1n) is 6.22. The van der Waals surface area contributed by atoms with Gasteiger partial charge in [0.1, 0.15) is 0 Å². The zero-order chi connectivity index (χ0) is 14.5. The second kappa shape index (κ2) is 6.75. The van der Waals surface area contributed by atoms with Crippen LogP contribution in [0.15, 0.2) is 23.8 Å². The van der Waals surface area contributed by atoms with E-state index in [9.17, 15) is 18.0 Å². The normalized spacial score (nSPS) is 18.2. The van der Waals surface area contributed by atoms with E-state index < -0.39 is 12.1 Å². The summed E-state index contributed by atoms with van der Waals surface area (Å²) in [6.45, 7) is 7.34. The third kappa shape index (κ3) is 5.46. The van der Waals surface area contributed by atoms with E-state index in [0.717, 1.165) is 31.5 Å². The van der Waals surface area contributed by atoms with E-state index >= 15 is 0 Å². The molecule has 0 atom stereocenters. The standard InChI is InChI=1S/C13H19F3N2O/c1-9(8-18-12(19)13(14,15)16)7-10(2)11-3-5-17-6-4-11/h7,11,17H,1,3-6,8H2,2H3,(H,18,19). The van der Waals surface area contributed by atoms with Crippen LogP contribution in [0.1, 0.15) is 19.8 Å². The van der Waals surface area contributed by atoms with Gasteiger partial charge in [0, 0.05) is 6.54 Å². The van der Waals surface area contributed by atoms with Crippen LogP contribution in [0, 0.1) is 5.92 Å². The summed E-state index contributed by atoms with van der Waals surface area (Å²) >= 11 is 0. The molecule has 0 bridgehead atoms. The number of hydrogen-bond donors (Lipinski definition) is 2. The summed E-state index contributed by atoms with van der Waals surface area (Å²) in [5, 5.41) is 5.06. The molecule has 1 fully saturated rings. The molecule has 2 N–H and O–H groups in total. The molecule has 1 rings (SSSR count). The van der Waals surface area contributed by atoms with E-state index in [1.165, 1.54) is 0 Å². The summed E-state index contributed by atoms with van der Waals surface area (Å²) in [7, 11) is 0. The Morgan fingerprint density at radius 2 is 2.00 bits per heavy atom. The Morgan fingerprint density at radius 3 is 2.53 bits per heavy atom. The van der Waals surface area contributed by atoms with E-state index in [2.05, 4.69) is 11.9 Å². The molecule has 19 heavy (non-hydrogen) atoms. The Morgan fingerprint density at radius 1 is 1.42 bits per heavy atom. The first kappa shape index (κ1) is 15.8. The summed E-state index contributed by atoms with van der Waals surface area (Å²) in [5.74, 6) is -1.49. The fourth-order valence-electron chi connectivity index (χ4n) is 2.06. The van der Waals surface area contributed by atoms with Crippen LogP contribution in [-0.4, -0.2) is 31.7 Å². The first-order chi connectivity index (χ1) is 8.80. The summed E-state index contributed by atoms with van der Waals surface area (Å²) in [4.78, 5) is 10.7. The van der Waals surface area contributed by atoms with Gasteiger partial charge in [-0.05, 0) is 44.3 Å². The maximum absolute atomic E-state index is 12.0. The van der Waals surface area contributed by atoms with Crippen LogP contribution in [0.3, 0.4) is 0 Å². The lowest BCUT2D eigenvalue weighted by molar-refractivity contribution is -0.173. The molecular formula is C13H19F3N2O. The highest BCUT2D eigenvalue weighted by molar-refractivity contribution is 5.81. The largest absolute Gasteiger partial charge is 0.471 e. The average molecular weight is 276 g/mol. The van der Waals surface area contributed by atoms with Crippen molar-refractivity contribution in [1.29, 1.82) is 0 Å². The predicted molar refractivity (Wildman–Crippen MR) is 67.6 cm³/mol. The molecule has 3 nitrogen and oxygen atoms in total. The fraction of sp³-hybridized carbons (Fsp3) is 0.615. The van der Waals surface area contributed by atoms with Gasteiger partial charge in [0.2, 0.25) is 0 Å². The number of hydrogen-bond acceptors (Lipinski definition) is 2. The van der Waals surface area contributed by atoms with Crippen molar-refractivity contribution in [3.05, 3.63) is 23.8 Å². The van der Waals surface area contributed by atoms with Crippen molar-refractivity contribution in [3.8, 4) is 0 Å². The summed E-state index contributed by atoms with van der Waals surface area (Å²) in [5.41, 5.74) is 1.58. The van der Waals surface area contributed by atoms with Gasteiger partial charge in [-0.15, -0.1) is 0 Å². The Balaban J connectivity index is 2.43. The minimum Gasteiger partial charge on any atom is -0.344 e. The number of alkyl halides is 3. The van der Waals surface area contributed by atoms with Gasteiger partial charge in [-0.2, -0.15) is 13.2 Å². The van der Waals surface area contributed by atoms with Gasteiger partial charge in [0.05, 0.1) is 0 Å². The SMILES string of the molecule is C=C(C=C(C)C1CCNCC1)CNC(=O)C(F)(F)F. The zero-order valence-corrected chi connectivity index (χ0v) is 10.9. The lowest BCUT2D eigenvalue weighted by Crippen LogP contribution is -2.37. The Hall–Kier alpha value is -1.30. The molecule has 1 heterocycles. The molecular weight excluding hydrogens is 257 g/mol. The molecule has 0 saturated carbocycles. The third-order valence-corrected chi connectivity index (χ3v) is 3.15. The van der Waals surface area contributed by atoms with Crippen LogP contribution in [0.25, 0.3) is 0 Å². The molecule has 0 aromatic heterocycles. The smallest absolute Gasteiger partial charge is 0.344 e. The second-order valence-electron chi connectivity index (χ2n) is 4.75. The highest BCUT2D eigenvalue weighted by Crippen LogP contribution is 2.21. The highest BCUT2D eigenvalue weighted by Gasteiger charge is 2.38. The first-order valence-corrected chi connectivity index (χ1v) is 6.22. The number of rotatable bonds is 4. The molecule has 0 unspecified atom stereocenters. The molecule has 1 saturated heterocycles. The monoisotopic (exact) mass is 276 g/mol. The van der Waals surface area contributed by atoms with Gasteiger partial charge in [-0.3, -0.25) is 4.79 Å². The number of halogens is 3. The molecule has 1 aliphatic rings. The Bertz CT molecular complexity index is 369. The maximum Gasteiger partial charge on any atom is 0.471 e. The van der Waals surface area contributed by atoms with Crippen LogP contribution >= 0.6 is 0 Å². The van der Waals surface area contributed by atoms with E-state index in [-0.39, 0.29) is 6.54 Å². The molecule has 6 heteroatoms. The molecule has 108 valence electrons. The van der Waals surface area contributed by atoms with E-state index in [1.807, 2.05) is 12.2 Å². The number of amides is 1. The van der Waals surface area contributed by atoms with Crippen molar-refractivity contribution in [2.75, 3.05) is 19.6 Å². The number of carbonyl (C=O) groups is 1. The van der Waals surface area contributed by atoms with E-state index in [0.29, 0.717) is 11.5 Å². The van der Waals surface area contributed by atoms with Gasteiger partial charge in [-0.1, -0.05) is 18.2 Å². The van der Waals surface area contributed by atoms with Gasteiger partial charge in [-0.25, -0.2) is 0 Å². The van der Waals surface area contributed by atoms with Crippen LogP contribution in [0.4, 0.5) is 13.2 Å². The molecule has 0 radical (unpaired) electrons. The maximum atomic E-state index is 12.0. The molecule has 1 aliphatic heterocycles. The van der Waals surface area contributed by atoms with Gasteiger partial charge >= 0.3 is 12.1 Å². The lowest BCUT2D eigenvalue weighted by atomic mass is 9.90. The number of piperidine rings is 1. The third-order valence-electron chi connectivity index (χ3n) is 3.15. The number of allylic oxidation sites excluding steroid dienone is 1. The van der Waals surface area contributed by atoms with Crippen molar-refractivity contribution < 1.29 is 18.0 Å².